The summed E-state index contributed by atoms with van der Waals surface area (Å²) in [5.41, 5.74) is -0.206. The lowest BCUT2D eigenvalue weighted by Crippen LogP contribution is -2.32. The van der Waals surface area contributed by atoms with Crippen molar-refractivity contribution >= 4 is 9.84 Å². The van der Waals surface area contributed by atoms with Gasteiger partial charge < -0.3 is 10.4 Å². The first-order valence-corrected chi connectivity index (χ1v) is 7.17. The van der Waals surface area contributed by atoms with Crippen molar-refractivity contribution in [2.24, 2.45) is 5.41 Å². The molecule has 1 aliphatic heterocycles. The molecule has 1 aliphatic rings. The molecule has 5 heteroatoms. The van der Waals surface area contributed by atoms with Gasteiger partial charge in [0.1, 0.15) is 0 Å². The van der Waals surface area contributed by atoms with E-state index in [2.05, 4.69) is 5.32 Å². The lowest BCUT2D eigenvalue weighted by atomic mass is 9.85. The summed E-state index contributed by atoms with van der Waals surface area (Å²) < 4.78 is 23.3. The standard InChI is InChI=1S/C10H21NO3S/c1-9(2)15(13,14)6-4-10(8-12)3-5-11-7-10/h9,11-12H,3-8H2,1-2H3. The van der Waals surface area contributed by atoms with Crippen molar-refractivity contribution in [1.82, 2.24) is 5.32 Å². The summed E-state index contributed by atoms with van der Waals surface area (Å²) in [6.07, 6.45) is 1.44. The van der Waals surface area contributed by atoms with Crippen molar-refractivity contribution in [3.05, 3.63) is 0 Å². The van der Waals surface area contributed by atoms with Crippen LogP contribution in [0.5, 0.6) is 0 Å². The minimum absolute atomic E-state index is 0.0770. The molecular formula is C10H21NO3S. The summed E-state index contributed by atoms with van der Waals surface area (Å²) in [5, 5.41) is 12.2. The van der Waals surface area contributed by atoms with E-state index in [1.54, 1.807) is 13.8 Å². The third-order valence-corrected chi connectivity index (χ3v) is 5.51. The Labute approximate surface area is 92.0 Å². The number of aliphatic hydroxyl groups is 1. The topological polar surface area (TPSA) is 66.4 Å². The summed E-state index contributed by atoms with van der Waals surface area (Å²) in [6.45, 7) is 5.09. The molecule has 1 heterocycles. The Balaban J connectivity index is 2.55. The van der Waals surface area contributed by atoms with Crippen molar-refractivity contribution in [2.75, 3.05) is 25.4 Å². The molecule has 0 spiro atoms. The van der Waals surface area contributed by atoms with Crippen molar-refractivity contribution in [2.45, 2.75) is 31.9 Å². The first-order chi connectivity index (χ1) is 6.92. The number of nitrogens with one attached hydrogen (secondary N) is 1. The van der Waals surface area contributed by atoms with E-state index in [-0.39, 0.29) is 23.0 Å². The zero-order valence-corrected chi connectivity index (χ0v) is 10.3. The average molecular weight is 235 g/mol. The smallest absolute Gasteiger partial charge is 0.152 e. The first-order valence-electron chi connectivity index (χ1n) is 5.45. The van der Waals surface area contributed by atoms with Crippen LogP contribution in [-0.4, -0.2) is 44.2 Å². The predicted octanol–water partition coefficient (Wildman–Crippen LogP) is 0.172. The molecule has 0 aromatic rings. The Kier molecular flexibility index (Phi) is 4.14. The molecule has 0 amide bonds. The second-order valence-corrected chi connectivity index (χ2v) is 7.43. The van der Waals surface area contributed by atoms with E-state index in [0.717, 1.165) is 19.5 Å². The second kappa shape index (κ2) is 4.80. The SMILES string of the molecule is CC(C)S(=O)(=O)CCC1(CO)CCNC1. The van der Waals surface area contributed by atoms with Crippen LogP contribution in [0.3, 0.4) is 0 Å². The Morgan fingerprint density at radius 2 is 2.13 bits per heavy atom. The van der Waals surface area contributed by atoms with Crippen molar-refractivity contribution < 1.29 is 13.5 Å². The fraction of sp³-hybridized carbons (Fsp3) is 1.00. The highest BCUT2D eigenvalue weighted by molar-refractivity contribution is 7.91. The Hall–Kier alpha value is -0.130. The molecule has 0 bridgehead atoms. The Morgan fingerprint density at radius 3 is 2.53 bits per heavy atom. The molecule has 0 aromatic carbocycles. The maximum absolute atomic E-state index is 11.6. The number of hydrogen-bond donors (Lipinski definition) is 2. The first kappa shape index (κ1) is 12.9. The van der Waals surface area contributed by atoms with Gasteiger partial charge in [-0.1, -0.05) is 0 Å². The van der Waals surface area contributed by atoms with Crippen molar-refractivity contribution in [1.29, 1.82) is 0 Å². The van der Waals surface area contributed by atoms with E-state index in [9.17, 15) is 13.5 Å². The normalized spacial score (nSPS) is 27.5. The fourth-order valence-electron chi connectivity index (χ4n) is 1.82. The summed E-state index contributed by atoms with van der Waals surface area (Å²) in [6, 6.07) is 0. The van der Waals surface area contributed by atoms with Crippen LogP contribution in [0.2, 0.25) is 0 Å². The van der Waals surface area contributed by atoms with Crippen LogP contribution >= 0.6 is 0 Å². The van der Waals surface area contributed by atoms with Crippen LogP contribution in [0.1, 0.15) is 26.7 Å². The molecule has 4 nitrogen and oxygen atoms in total. The molecule has 1 atom stereocenters. The van der Waals surface area contributed by atoms with Crippen LogP contribution in [0.15, 0.2) is 0 Å². The summed E-state index contributed by atoms with van der Waals surface area (Å²) in [4.78, 5) is 0. The number of aliphatic hydroxyl groups excluding tert-OH is 1. The Morgan fingerprint density at radius 1 is 1.47 bits per heavy atom. The maximum atomic E-state index is 11.6. The molecule has 0 saturated carbocycles. The minimum Gasteiger partial charge on any atom is -0.396 e. The molecule has 90 valence electrons. The van der Waals surface area contributed by atoms with Gasteiger partial charge in [0.15, 0.2) is 9.84 Å². The fourth-order valence-corrected chi connectivity index (χ4v) is 3.01. The van der Waals surface area contributed by atoms with Crippen LogP contribution in [-0.2, 0) is 9.84 Å². The van der Waals surface area contributed by atoms with Gasteiger partial charge in [0, 0.05) is 18.6 Å². The quantitative estimate of drug-likeness (QED) is 0.713. The zero-order chi connectivity index (χ0) is 11.5. The summed E-state index contributed by atoms with van der Waals surface area (Å²) >= 11 is 0. The van der Waals surface area contributed by atoms with Crippen LogP contribution in [0.4, 0.5) is 0 Å². The molecule has 1 saturated heterocycles. The monoisotopic (exact) mass is 235 g/mol. The van der Waals surface area contributed by atoms with Gasteiger partial charge in [0.2, 0.25) is 0 Å². The van der Waals surface area contributed by atoms with E-state index < -0.39 is 9.84 Å². The molecule has 1 fully saturated rings. The highest BCUT2D eigenvalue weighted by atomic mass is 32.2. The lowest BCUT2D eigenvalue weighted by Gasteiger charge is -2.25. The van der Waals surface area contributed by atoms with Gasteiger partial charge in [-0.25, -0.2) is 8.42 Å². The number of sulfone groups is 1. The van der Waals surface area contributed by atoms with Gasteiger partial charge in [-0.15, -0.1) is 0 Å². The van der Waals surface area contributed by atoms with E-state index in [1.807, 2.05) is 0 Å². The maximum Gasteiger partial charge on any atom is 0.152 e. The largest absolute Gasteiger partial charge is 0.396 e. The third kappa shape index (κ3) is 3.16. The van der Waals surface area contributed by atoms with Crippen LogP contribution in [0, 0.1) is 5.41 Å². The van der Waals surface area contributed by atoms with Crippen molar-refractivity contribution in [3.63, 3.8) is 0 Å². The van der Waals surface area contributed by atoms with Crippen LogP contribution in [0.25, 0.3) is 0 Å². The molecule has 2 N–H and O–H groups in total. The zero-order valence-electron chi connectivity index (χ0n) is 9.49. The van der Waals surface area contributed by atoms with E-state index in [1.165, 1.54) is 0 Å². The predicted molar refractivity (Wildman–Crippen MR) is 60.5 cm³/mol. The molecule has 0 radical (unpaired) electrons. The molecular weight excluding hydrogens is 214 g/mol. The Bertz CT molecular complexity index is 292. The molecule has 0 aromatic heterocycles. The number of rotatable bonds is 5. The highest BCUT2D eigenvalue weighted by Crippen LogP contribution is 2.29. The van der Waals surface area contributed by atoms with E-state index >= 15 is 0 Å². The van der Waals surface area contributed by atoms with Gasteiger partial charge in [0.25, 0.3) is 0 Å². The van der Waals surface area contributed by atoms with E-state index in [4.69, 9.17) is 0 Å². The second-order valence-electron chi connectivity index (χ2n) is 4.75. The van der Waals surface area contributed by atoms with Gasteiger partial charge >= 0.3 is 0 Å². The minimum atomic E-state index is -2.97. The summed E-state index contributed by atoms with van der Waals surface area (Å²) in [5.74, 6) is 0.187. The van der Waals surface area contributed by atoms with Crippen molar-refractivity contribution in [3.8, 4) is 0 Å². The molecule has 15 heavy (non-hydrogen) atoms. The third-order valence-electron chi connectivity index (χ3n) is 3.30. The molecule has 1 unspecified atom stereocenters. The van der Waals surface area contributed by atoms with Gasteiger partial charge in [0.05, 0.1) is 11.0 Å². The van der Waals surface area contributed by atoms with Gasteiger partial charge in [-0.05, 0) is 33.2 Å². The molecule has 0 aliphatic carbocycles. The van der Waals surface area contributed by atoms with Crippen LogP contribution < -0.4 is 5.32 Å². The molecule has 1 rings (SSSR count). The number of hydrogen-bond acceptors (Lipinski definition) is 4. The highest BCUT2D eigenvalue weighted by Gasteiger charge is 2.34. The van der Waals surface area contributed by atoms with E-state index in [0.29, 0.717) is 6.42 Å². The lowest BCUT2D eigenvalue weighted by molar-refractivity contribution is 0.139. The van der Waals surface area contributed by atoms with Gasteiger partial charge in [-0.2, -0.15) is 0 Å². The van der Waals surface area contributed by atoms with Gasteiger partial charge in [-0.3, -0.25) is 0 Å². The average Bonchev–Trinajstić information content (AvgIpc) is 2.64. The summed E-state index contributed by atoms with van der Waals surface area (Å²) in [7, 11) is -2.97.